The predicted octanol–water partition coefficient (Wildman–Crippen LogP) is -2.20. The van der Waals surface area contributed by atoms with Crippen molar-refractivity contribution in [3.63, 3.8) is 0 Å². The number of phosphoric acid groups is 1. The molecule has 2 rings (SSSR count). The number of phosphoric ester groups is 1. The van der Waals surface area contributed by atoms with Gasteiger partial charge in [0.25, 0.3) is 20.2 Å². The van der Waals surface area contributed by atoms with E-state index in [0.29, 0.717) is 6.07 Å². The summed E-state index contributed by atoms with van der Waals surface area (Å²) in [5.41, 5.74) is -1.99. The molecule has 0 aliphatic rings. The van der Waals surface area contributed by atoms with E-state index < -0.39 is 72.8 Å². The van der Waals surface area contributed by atoms with E-state index in [2.05, 4.69) is 19.7 Å². The number of carbonyl (C=O) groups excluding carboxylic acids is 1. The molecule has 19 heteroatoms. The summed E-state index contributed by atoms with van der Waals surface area (Å²) >= 11 is 0. The first kappa shape index (κ1) is 29.4. The van der Waals surface area contributed by atoms with E-state index in [9.17, 15) is 35.9 Å². The minimum absolute atomic E-state index is 0. The molecule has 0 amide bonds. The zero-order chi connectivity index (χ0) is 24.5. The van der Waals surface area contributed by atoms with Crippen LogP contribution in [0, 0.1) is 6.92 Å². The smallest absolute Gasteiger partial charge is 0.871 e. The molecule has 0 spiro atoms. The molecule has 15 nitrogen and oxygen atoms in total. The van der Waals surface area contributed by atoms with Crippen LogP contribution < -0.4 is 34.7 Å². The van der Waals surface area contributed by atoms with Crippen LogP contribution in [0.15, 0.2) is 38.2 Å². The largest absolute Gasteiger partial charge is 1.00 e. The first-order chi connectivity index (χ1) is 14.5. The van der Waals surface area contributed by atoms with Gasteiger partial charge in [-0.3, -0.25) is 18.4 Å². The number of aromatic nitrogens is 1. The number of nitrogens with zero attached hydrogens (tertiary/aromatic N) is 3. The normalized spacial score (nSPS) is 12.5. The maximum atomic E-state index is 12.1. The van der Waals surface area contributed by atoms with Crippen LogP contribution in [0.5, 0.6) is 5.75 Å². The van der Waals surface area contributed by atoms with Crippen molar-refractivity contribution in [2.24, 2.45) is 10.2 Å². The van der Waals surface area contributed by atoms with Gasteiger partial charge < -0.3 is 14.9 Å². The molecule has 0 saturated heterocycles. The van der Waals surface area contributed by atoms with Crippen LogP contribution in [0.3, 0.4) is 0 Å². The molecule has 1 aromatic carbocycles. The third-order valence-electron chi connectivity index (χ3n) is 3.70. The molecule has 33 heavy (non-hydrogen) atoms. The van der Waals surface area contributed by atoms with Gasteiger partial charge in [-0.15, -0.1) is 10.2 Å². The van der Waals surface area contributed by atoms with Crippen molar-refractivity contribution >= 4 is 45.9 Å². The molecule has 0 atom stereocenters. The molecule has 174 valence electrons. The average Bonchev–Trinajstić information content (AvgIpc) is 2.65. The molecule has 1 aromatic heterocycles. The molecule has 0 fully saturated rings. The third-order valence-corrected chi connectivity index (χ3v) is 5.89. The van der Waals surface area contributed by atoms with Crippen LogP contribution in [-0.4, -0.2) is 47.0 Å². The zero-order valence-corrected chi connectivity index (χ0v) is 21.2. The van der Waals surface area contributed by atoms with Gasteiger partial charge in [-0.05, 0) is 25.1 Å². The first-order valence-corrected chi connectivity index (χ1v) is 12.3. The number of carbonyl (C=O) groups is 1. The zero-order valence-electron chi connectivity index (χ0n) is 16.7. The van der Waals surface area contributed by atoms with Crippen LogP contribution >= 0.6 is 7.82 Å². The van der Waals surface area contributed by atoms with E-state index in [1.54, 1.807) is 0 Å². The second-order valence-corrected chi connectivity index (χ2v) is 9.95. The summed E-state index contributed by atoms with van der Waals surface area (Å²) in [6, 6.07) is 1.90. The predicted molar refractivity (Wildman–Crippen MR) is 101 cm³/mol. The quantitative estimate of drug-likeness (QED) is 0.0925. The van der Waals surface area contributed by atoms with Gasteiger partial charge in [-0.2, -0.15) is 16.8 Å². The van der Waals surface area contributed by atoms with Gasteiger partial charge in [0.15, 0.2) is 5.82 Å². The summed E-state index contributed by atoms with van der Waals surface area (Å²) in [5, 5.41) is 19.1. The number of aryl methyl sites for hydroxylation is 1. The monoisotopic (exact) mass is 533 g/mol. The van der Waals surface area contributed by atoms with Crippen molar-refractivity contribution < 1.29 is 84.3 Å². The molecule has 0 bridgehead atoms. The Morgan fingerprint density at radius 1 is 1.15 bits per heavy atom. The van der Waals surface area contributed by atoms with Crippen LogP contribution in [0.2, 0.25) is 0 Å². The topological polar surface area (TPSA) is 253 Å². The molecule has 4 N–H and O–H groups in total. The number of azo groups is 1. The number of benzene rings is 1. The van der Waals surface area contributed by atoms with Crippen molar-refractivity contribution in [2.45, 2.75) is 23.3 Å². The maximum Gasteiger partial charge on any atom is 1.00 e. The molecular weight excluding hydrogens is 520 g/mol. The van der Waals surface area contributed by atoms with Gasteiger partial charge >= 0.3 is 37.4 Å². The summed E-state index contributed by atoms with van der Waals surface area (Å²) in [7, 11) is -15.0. The minimum atomic E-state index is -5.07. The molecular formula is C14H13N3NaO12PS2. The maximum absolute atomic E-state index is 12.1. The van der Waals surface area contributed by atoms with Gasteiger partial charge in [-0.25, -0.2) is 9.55 Å². The summed E-state index contributed by atoms with van der Waals surface area (Å²) in [6.45, 7) is 0.189. The second-order valence-electron chi connectivity index (χ2n) is 5.90. The SMILES string of the molecule is Cc1nc(N=Nc2ccc(S(=O)(=O)O)cc2S(=O)(=O)O)c(COP(=O)(O)O)c(C=O)c1[O-].[Na+]. The molecule has 0 unspecified atom stereocenters. The standard InChI is InChI=1S/C14H14N3O12PS2.Na/c1-7-13(19)9(5-18)10(6-29-30(20,21)22)14(15-7)17-16-11-3-2-8(31(23,24)25)4-12(11)32(26,27)28;/h2-5,19H,6H2,1H3,(H2,20,21,22)(H,23,24,25)(H,26,27,28);/q;+1/p-1. The summed E-state index contributed by atoms with van der Waals surface area (Å²) in [6.07, 6.45) is 0.0684. The molecule has 1 heterocycles. The number of rotatable bonds is 8. The fourth-order valence-electron chi connectivity index (χ4n) is 2.27. The molecule has 0 radical (unpaired) electrons. The summed E-state index contributed by atoms with van der Waals surface area (Å²) < 4.78 is 79.2. The summed E-state index contributed by atoms with van der Waals surface area (Å²) in [4.78, 5) is 30.8. The van der Waals surface area contributed by atoms with Gasteiger partial charge in [0.2, 0.25) is 0 Å². The third kappa shape index (κ3) is 7.69. The molecule has 0 aliphatic carbocycles. The fourth-order valence-corrected chi connectivity index (χ4v) is 3.80. The van der Waals surface area contributed by atoms with Crippen LogP contribution in [0.25, 0.3) is 0 Å². The Hall–Kier alpha value is -1.63. The van der Waals surface area contributed by atoms with Crippen molar-refractivity contribution in [3.8, 4) is 5.75 Å². The van der Waals surface area contributed by atoms with Gasteiger partial charge in [0.05, 0.1) is 11.5 Å². The summed E-state index contributed by atoms with van der Waals surface area (Å²) in [5.74, 6) is -1.45. The second kappa shape index (κ2) is 10.7. The Morgan fingerprint density at radius 2 is 1.76 bits per heavy atom. The van der Waals surface area contributed by atoms with E-state index in [-0.39, 0.29) is 41.5 Å². The van der Waals surface area contributed by atoms with Crippen molar-refractivity contribution in [2.75, 3.05) is 0 Å². The van der Waals surface area contributed by atoms with Crippen molar-refractivity contribution in [1.82, 2.24) is 4.98 Å². The van der Waals surface area contributed by atoms with Crippen LogP contribution in [-0.2, 0) is 35.9 Å². The van der Waals surface area contributed by atoms with Crippen molar-refractivity contribution in [1.29, 1.82) is 0 Å². The van der Waals surface area contributed by atoms with Crippen LogP contribution in [0.4, 0.5) is 11.5 Å². The van der Waals surface area contributed by atoms with E-state index in [1.807, 2.05) is 0 Å². The Balaban J connectivity index is 0.00000544. The Labute approximate surface area is 208 Å². The Morgan fingerprint density at radius 3 is 2.24 bits per heavy atom. The van der Waals surface area contributed by atoms with E-state index in [1.165, 1.54) is 6.92 Å². The fraction of sp³-hybridized carbons (Fsp3) is 0.143. The van der Waals surface area contributed by atoms with Crippen molar-refractivity contribution in [3.05, 3.63) is 35.0 Å². The number of hydrogen-bond donors (Lipinski definition) is 4. The van der Waals surface area contributed by atoms with E-state index in [0.717, 1.165) is 12.1 Å². The number of hydrogen-bond acceptors (Lipinski definition) is 11. The van der Waals surface area contributed by atoms with Gasteiger partial charge in [-0.1, -0.05) is 5.75 Å². The molecule has 0 aliphatic heterocycles. The Kier molecular flexibility index (Phi) is 9.58. The average molecular weight is 533 g/mol. The van der Waals surface area contributed by atoms with E-state index >= 15 is 0 Å². The molecule has 2 aromatic rings. The number of pyridine rings is 1. The number of aldehydes is 1. The van der Waals surface area contributed by atoms with Crippen LogP contribution in [0.1, 0.15) is 21.6 Å². The first-order valence-electron chi connectivity index (χ1n) is 7.91. The van der Waals surface area contributed by atoms with E-state index in [4.69, 9.17) is 14.3 Å². The van der Waals surface area contributed by atoms with Gasteiger partial charge in [0.1, 0.15) is 16.9 Å². The Bertz CT molecular complexity index is 1370. The minimum Gasteiger partial charge on any atom is -0.871 e. The molecule has 0 saturated carbocycles. The van der Waals surface area contributed by atoms with Gasteiger partial charge in [0, 0.05) is 16.8 Å².